The summed E-state index contributed by atoms with van der Waals surface area (Å²) >= 11 is 6.43. The molecule has 0 unspecified atom stereocenters. The van der Waals surface area contributed by atoms with Gasteiger partial charge in [-0.25, -0.2) is 13.1 Å². The van der Waals surface area contributed by atoms with Gasteiger partial charge in [-0.1, -0.05) is 43.3 Å². The third-order valence-corrected chi connectivity index (χ3v) is 13.3. The SMILES string of the molecule is C=C(C)[C@@]1(OC)/C=C/C[C@H](C)[C@@H](C)S(=O)(=O)NC(=O)c2ccc3c(c2)N(C[C@@H]2CC[C@H]21)C[C@@]1(CCCc2cc(Cl)ccc21)CO3. The molecule has 9 heteroatoms. The number of amides is 1. The molecule has 2 aliphatic carbocycles. The molecule has 2 aromatic carbocycles. The lowest BCUT2D eigenvalue weighted by Crippen LogP contribution is -2.53. The number of anilines is 1. The van der Waals surface area contributed by atoms with Crippen molar-refractivity contribution in [3.8, 4) is 5.75 Å². The number of benzene rings is 2. The second-order valence-electron chi connectivity index (χ2n) is 13.8. The summed E-state index contributed by atoms with van der Waals surface area (Å²) in [7, 11) is -2.18. The van der Waals surface area contributed by atoms with E-state index in [2.05, 4.69) is 34.4 Å². The van der Waals surface area contributed by atoms with Crippen LogP contribution < -0.4 is 14.4 Å². The first-order chi connectivity index (χ1) is 21.4. The Balaban J connectivity index is 1.47. The first-order valence-corrected chi connectivity index (χ1v) is 18.1. The molecule has 4 aliphatic rings. The van der Waals surface area contributed by atoms with Crippen molar-refractivity contribution in [2.24, 2.45) is 17.8 Å². The molecule has 0 saturated heterocycles. The molecule has 2 aliphatic heterocycles. The Labute approximate surface area is 273 Å². The van der Waals surface area contributed by atoms with Crippen LogP contribution in [0.5, 0.6) is 5.75 Å². The van der Waals surface area contributed by atoms with Crippen LogP contribution in [0.25, 0.3) is 0 Å². The Morgan fingerprint density at radius 1 is 1.18 bits per heavy atom. The second kappa shape index (κ2) is 12.1. The largest absolute Gasteiger partial charge is 0.490 e. The highest BCUT2D eigenvalue weighted by atomic mass is 35.5. The summed E-state index contributed by atoms with van der Waals surface area (Å²) in [4.78, 5) is 15.8. The molecule has 6 atom stereocenters. The first-order valence-electron chi connectivity index (χ1n) is 16.1. The lowest BCUT2D eigenvalue weighted by atomic mass is 9.62. The minimum Gasteiger partial charge on any atom is -0.490 e. The number of nitrogens with zero attached hydrogens (tertiary/aromatic N) is 1. The van der Waals surface area contributed by atoms with Gasteiger partial charge in [0.15, 0.2) is 0 Å². The van der Waals surface area contributed by atoms with Crippen molar-refractivity contribution in [2.75, 3.05) is 31.7 Å². The molecule has 1 fully saturated rings. The monoisotopic (exact) mass is 652 g/mol. The number of carbonyl (C=O) groups is 1. The van der Waals surface area contributed by atoms with E-state index in [0.717, 1.165) is 54.9 Å². The van der Waals surface area contributed by atoms with Crippen molar-refractivity contribution in [2.45, 2.75) is 75.6 Å². The van der Waals surface area contributed by atoms with Gasteiger partial charge in [-0.2, -0.15) is 0 Å². The van der Waals surface area contributed by atoms with Crippen LogP contribution in [-0.2, 0) is 26.6 Å². The van der Waals surface area contributed by atoms with Gasteiger partial charge < -0.3 is 14.4 Å². The number of fused-ring (bicyclic) bond motifs is 4. The number of methoxy groups -OCH3 is 1. The lowest BCUT2D eigenvalue weighted by Gasteiger charge is -2.51. The Bertz CT molecular complexity index is 1640. The summed E-state index contributed by atoms with van der Waals surface area (Å²) < 4.78 is 42.0. The molecule has 1 amide bonds. The van der Waals surface area contributed by atoms with E-state index < -0.39 is 26.8 Å². The molecular formula is C36H45ClN2O5S. The van der Waals surface area contributed by atoms with Crippen molar-refractivity contribution in [3.63, 3.8) is 0 Å². The maximum Gasteiger partial charge on any atom is 0.264 e. The molecule has 2 heterocycles. The second-order valence-corrected chi connectivity index (χ2v) is 16.3. The zero-order valence-corrected chi connectivity index (χ0v) is 28.3. The molecule has 1 saturated carbocycles. The number of nitrogens with one attached hydrogen (secondary N) is 1. The van der Waals surface area contributed by atoms with Gasteiger partial charge in [-0.3, -0.25) is 4.79 Å². The van der Waals surface area contributed by atoms with Crippen molar-refractivity contribution < 1.29 is 22.7 Å². The molecule has 2 aromatic rings. The maximum atomic E-state index is 13.5. The predicted octanol–water partition coefficient (Wildman–Crippen LogP) is 6.84. The summed E-state index contributed by atoms with van der Waals surface area (Å²) in [6, 6.07) is 11.5. The number of aryl methyl sites for hydroxylation is 1. The summed E-state index contributed by atoms with van der Waals surface area (Å²) in [5, 5.41) is -0.0401. The minimum atomic E-state index is -3.93. The average molecular weight is 653 g/mol. The van der Waals surface area contributed by atoms with E-state index in [1.165, 1.54) is 11.1 Å². The summed E-state index contributed by atoms with van der Waals surface area (Å²) in [5.41, 5.74) is 3.66. The standard InChI is InChI=1S/C36H45ClN2O5S/c1-23(2)36(43-5)17-6-8-24(3)25(4)45(41,42)38-34(40)27-11-15-33-32(19-27)39(20-28-10-13-31(28)36)21-35(22-44-33)16-7-9-26-18-29(37)12-14-30(26)35/h6,11-12,14-15,17-19,24-25,28,31H,1,7-10,13,16,20-22H2,2-5H3,(H,38,40)/b17-6+/t24-,25+,28-,31+,35-,36-/m0/s1. The van der Waals surface area contributed by atoms with Crippen molar-refractivity contribution in [1.82, 2.24) is 4.72 Å². The van der Waals surface area contributed by atoms with Crippen molar-refractivity contribution >= 4 is 33.2 Å². The van der Waals surface area contributed by atoms with Gasteiger partial charge in [0.25, 0.3) is 5.91 Å². The normalized spacial score (nSPS) is 33.4. The topological polar surface area (TPSA) is 84.9 Å². The van der Waals surface area contributed by atoms with Gasteiger partial charge in [0.2, 0.25) is 10.0 Å². The number of sulfonamides is 1. The zero-order chi connectivity index (χ0) is 32.1. The highest BCUT2D eigenvalue weighted by Gasteiger charge is 2.49. The van der Waals surface area contributed by atoms with Crippen LogP contribution in [0.4, 0.5) is 5.69 Å². The third-order valence-electron chi connectivity index (χ3n) is 11.1. The molecule has 6 rings (SSSR count). The number of hydrogen-bond acceptors (Lipinski definition) is 6. The zero-order valence-electron chi connectivity index (χ0n) is 26.8. The number of hydrogen-bond donors (Lipinski definition) is 1. The van der Waals surface area contributed by atoms with Gasteiger partial charge in [-0.15, -0.1) is 0 Å². The van der Waals surface area contributed by atoms with Crippen LogP contribution in [0.1, 0.15) is 74.4 Å². The van der Waals surface area contributed by atoms with E-state index in [1.54, 1.807) is 26.2 Å². The Kier molecular flexibility index (Phi) is 8.63. The molecule has 45 heavy (non-hydrogen) atoms. The molecule has 2 bridgehead atoms. The molecule has 7 nitrogen and oxygen atoms in total. The highest BCUT2D eigenvalue weighted by molar-refractivity contribution is 7.90. The Hall–Kier alpha value is -2.81. The van der Waals surface area contributed by atoms with Gasteiger partial charge in [-0.05, 0) is 117 Å². The Morgan fingerprint density at radius 2 is 1.98 bits per heavy atom. The molecule has 242 valence electrons. The van der Waals surface area contributed by atoms with Crippen molar-refractivity contribution in [3.05, 3.63) is 82.4 Å². The van der Waals surface area contributed by atoms with Gasteiger partial charge in [0, 0.05) is 36.2 Å². The van der Waals surface area contributed by atoms with E-state index in [9.17, 15) is 13.2 Å². The van der Waals surface area contributed by atoms with Crippen LogP contribution in [-0.4, -0.2) is 52.0 Å². The van der Waals surface area contributed by atoms with Crippen LogP contribution in [0.3, 0.4) is 0 Å². The Morgan fingerprint density at radius 3 is 2.69 bits per heavy atom. The minimum absolute atomic E-state index is 0.202. The molecule has 1 spiro atoms. The fourth-order valence-electron chi connectivity index (χ4n) is 8.10. The van der Waals surface area contributed by atoms with E-state index in [4.69, 9.17) is 21.1 Å². The highest BCUT2D eigenvalue weighted by Crippen LogP contribution is 2.50. The number of carbonyl (C=O) groups excluding carboxylic acids is 1. The maximum absolute atomic E-state index is 13.5. The van der Waals surface area contributed by atoms with Gasteiger partial charge in [0.1, 0.15) is 11.4 Å². The summed E-state index contributed by atoms with van der Waals surface area (Å²) in [6.07, 6.45) is 9.70. The number of ether oxygens (including phenoxy) is 2. The van der Waals surface area contributed by atoms with Crippen LogP contribution in [0, 0.1) is 17.8 Å². The number of allylic oxidation sites excluding steroid dienone is 1. The van der Waals surface area contributed by atoms with E-state index in [1.807, 2.05) is 32.1 Å². The van der Waals surface area contributed by atoms with Crippen molar-refractivity contribution in [1.29, 1.82) is 0 Å². The number of rotatable bonds is 2. The van der Waals surface area contributed by atoms with Gasteiger partial charge in [0.05, 0.1) is 17.5 Å². The molecular weight excluding hydrogens is 608 g/mol. The van der Waals surface area contributed by atoms with Gasteiger partial charge >= 0.3 is 0 Å². The van der Waals surface area contributed by atoms with E-state index in [0.29, 0.717) is 36.8 Å². The fourth-order valence-corrected chi connectivity index (χ4v) is 9.58. The molecule has 0 radical (unpaired) electrons. The first kappa shape index (κ1) is 32.1. The van der Waals surface area contributed by atoms with Crippen LogP contribution in [0.15, 0.2) is 60.7 Å². The third kappa shape index (κ3) is 5.72. The van der Waals surface area contributed by atoms with E-state index >= 15 is 0 Å². The fraction of sp³-hybridized carbons (Fsp3) is 0.528. The number of halogens is 1. The van der Waals surface area contributed by atoms with Crippen LogP contribution >= 0.6 is 11.6 Å². The molecule has 1 N–H and O–H groups in total. The predicted molar refractivity (Wildman–Crippen MR) is 180 cm³/mol. The smallest absolute Gasteiger partial charge is 0.264 e. The average Bonchev–Trinajstić information content (AvgIpc) is 3.14. The van der Waals surface area contributed by atoms with E-state index in [-0.39, 0.29) is 17.3 Å². The summed E-state index contributed by atoms with van der Waals surface area (Å²) in [6.45, 7) is 11.9. The summed E-state index contributed by atoms with van der Waals surface area (Å²) in [5.74, 6) is 0.358. The van der Waals surface area contributed by atoms with Crippen LogP contribution in [0.2, 0.25) is 5.02 Å². The lowest BCUT2D eigenvalue weighted by molar-refractivity contribution is -0.0493. The molecule has 0 aromatic heterocycles. The quantitative estimate of drug-likeness (QED) is 0.358.